The Balaban J connectivity index is 1.07. The van der Waals surface area contributed by atoms with Crippen LogP contribution < -0.4 is 19.5 Å². The molecule has 1 aliphatic heterocycles. The van der Waals surface area contributed by atoms with Crippen LogP contribution in [0.2, 0.25) is 5.02 Å². The molecular formula is C42H49ClN4O5. The van der Waals surface area contributed by atoms with Crippen molar-refractivity contribution in [2.45, 2.75) is 108 Å². The van der Waals surface area contributed by atoms with Gasteiger partial charge in [0.2, 0.25) is 0 Å². The lowest BCUT2D eigenvalue weighted by molar-refractivity contribution is -0.144. The van der Waals surface area contributed by atoms with Crippen LogP contribution in [0.5, 0.6) is 17.2 Å². The number of aromatic nitrogens is 3. The number of ether oxygens (including phenoxy) is 3. The predicted octanol–water partition coefficient (Wildman–Crippen LogP) is 8.63. The molecule has 274 valence electrons. The van der Waals surface area contributed by atoms with Crippen molar-refractivity contribution in [1.29, 1.82) is 0 Å². The van der Waals surface area contributed by atoms with Crippen LogP contribution in [-0.2, 0) is 29.6 Å². The van der Waals surface area contributed by atoms with E-state index in [-0.39, 0.29) is 11.5 Å². The molecule has 3 heterocycles. The molecule has 1 spiro atoms. The van der Waals surface area contributed by atoms with Crippen LogP contribution in [0, 0.1) is 11.8 Å². The zero-order valence-corrected chi connectivity index (χ0v) is 30.9. The number of carboxylic acid groups (broad SMARTS) is 1. The smallest absolute Gasteiger partial charge is 0.329 e. The molecule has 9 nitrogen and oxygen atoms in total. The van der Waals surface area contributed by atoms with Gasteiger partial charge in [0.25, 0.3) is 0 Å². The molecule has 52 heavy (non-hydrogen) atoms. The number of fused-ring (bicyclic) bond motifs is 4. The number of anilines is 1. The summed E-state index contributed by atoms with van der Waals surface area (Å²) in [5.74, 6) is 2.79. The van der Waals surface area contributed by atoms with Crippen LogP contribution in [0.3, 0.4) is 0 Å². The van der Waals surface area contributed by atoms with E-state index in [1.807, 2.05) is 41.5 Å². The molecule has 2 aromatic carbocycles. The van der Waals surface area contributed by atoms with Crippen molar-refractivity contribution in [2.75, 3.05) is 18.5 Å². The van der Waals surface area contributed by atoms with Crippen LogP contribution in [0.4, 0.5) is 5.69 Å². The van der Waals surface area contributed by atoms with Crippen LogP contribution in [0.25, 0.3) is 0 Å². The van der Waals surface area contributed by atoms with Gasteiger partial charge >= 0.3 is 5.97 Å². The maximum atomic E-state index is 13.1. The van der Waals surface area contributed by atoms with Gasteiger partial charge in [0.15, 0.2) is 11.5 Å². The van der Waals surface area contributed by atoms with Crippen LogP contribution in [-0.4, -0.2) is 50.5 Å². The number of nitrogens with one attached hydrogen (secondary N) is 1. The summed E-state index contributed by atoms with van der Waals surface area (Å²) in [4.78, 5) is 21.9. The van der Waals surface area contributed by atoms with E-state index in [1.165, 1.54) is 35.2 Å². The number of carbonyl (C=O) groups is 1. The minimum absolute atomic E-state index is 0.0478. The Morgan fingerprint density at radius 1 is 1.13 bits per heavy atom. The molecule has 1 saturated carbocycles. The van der Waals surface area contributed by atoms with Gasteiger partial charge in [-0.15, -0.1) is 0 Å². The van der Waals surface area contributed by atoms with Crippen LogP contribution in [0.15, 0.2) is 67.4 Å². The van der Waals surface area contributed by atoms with Crippen molar-refractivity contribution >= 4 is 23.3 Å². The molecule has 2 N–H and O–H groups in total. The summed E-state index contributed by atoms with van der Waals surface area (Å²) in [7, 11) is 0. The Kier molecular flexibility index (Phi) is 9.57. The average Bonchev–Trinajstić information content (AvgIpc) is 3.68. The monoisotopic (exact) mass is 724 g/mol. The van der Waals surface area contributed by atoms with Gasteiger partial charge in [-0.2, -0.15) is 0 Å². The third kappa shape index (κ3) is 6.72. The molecule has 2 aromatic heterocycles. The number of benzene rings is 2. The summed E-state index contributed by atoms with van der Waals surface area (Å²) in [5, 5.41) is 14.7. The molecule has 0 radical (unpaired) electrons. The highest BCUT2D eigenvalue weighted by atomic mass is 35.5. The largest absolute Gasteiger partial charge is 0.493 e. The van der Waals surface area contributed by atoms with E-state index in [1.54, 1.807) is 18.3 Å². The molecule has 8 rings (SSSR count). The fraction of sp³-hybridized carbons (Fsp3) is 0.500. The number of pyridine rings is 1. The second-order valence-corrected chi connectivity index (χ2v) is 16.2. The number of nitrogens with zero attached hydrogens (tertiary/aromatic N) is 3. The molecule has 4 aliphatic rings. The van der Waals surface area contributed by atoms with Crippen molar-refractivity contribution in [3.8, 4) is 17.2 Å². The standard InChI is InChI=1S/C42H49ClN4O5/c1-27(25-51-36-9-15-45-35-8-3-5-28(2)39(35)36)19-30-20-29-21-37-38(52-33(10-18-50-37)24-47-17-16-44-26-47)23-34(29)41(30)11-13-42(14-12-41,40(48)49)46-32-7-4-6-31(43)22-32/h4,6-7,9,15-17,21-23,26-28,30,33,46H,3,5,8,10-14,18-20,24-25H2,1-2H3,(H,48,49)/t27-,28-,30+,33-,41?,42?/m1/s1. The number of aliphatic carboxylic acids is 1. The topological polar surface area (TPSA) is 108 Å². The molecule has 4 aromatic rings. The molecular weight excluding hydrogens is 676 g/mol. The number of halogens is 1. The van der Waals surface area contributed by atoms with Gasteiger partial charge in [-0.3, -0.25) is 4.98 Å². The first kappa shape index (κ1) is 34.8. The third-order valence-electron chi connectivity index (χ3n) is 12.3. The summed E-state index contributed by atoms with van der Waals surface area (Å²) in [6.45, 7) is 6.48. The van der Waals surface area contributed by atoms with Gasteiger partial charge in [-0.25, -0.2) is 9.78 Å². The maximum Gasteiger partial charge on any atom is 0.329 e. The molecule has 0 saturated heterocycles. The van der Waals surface area contributed by atoms with Gasteiger partial charge < -0.3 is 29.2 Å². The third-order valence-corrected chi connectivity index (χ3v) is 12.6. The Labute approximate surface area is 311 Å². The second-order valence-electron chi connectivity index (χ2n) is 15.8. The number of aryl methyl sites for hydroxylation is 1. The normalized spacial score (nSPS) is 26.9. The van der Waals surface area contributed by atoms with Crippen molar-refractivity contribution < 1.29 is 24.1 Å². The van der Waals surface area contributed by atoms with E-state index in [4.69, 9.17) is 25.8 Å². The highest BCUT2D eigenvalue weighted by molar-refractivity contribution is 6.30. The highest BCUT2D eigenvalue weighted by Crippen LogP contribution is 2.58. The number of hydrogen-bond acceptors (Lipinski definition) is 7. The van der Waals surface area contributed by atoms with Crippen molar-refractivity contribution in [3.05, 3.63) is 94.8 Å². The van der Waals surface area contributed by atoms with Gasteiger partial charge in [-0.05, 0) is 128 Å². The van der Waals surface area contributed by atoms with Crippen LogP contribution >= 0.6 is 11.6 Å². The van der Waals surface area contributed by atoms with E-state index in [2.05, 4.69) is 41.3 Å². The predicted molar refractivity (Wildman–Crippen MR) is 201 cm³/mol. The quantitative estimate of drug-likeness (QED) is 0.167. The Bertz CT molecular complexity index is 1910. The first-order valence-electron chi connectivity index (χ1n) is 19.0. The zero-order valence-electron chi connectivity index (χ0n) is 30.2. The summed E-state index contributed by atoms with van der Waals surface area (Å²) in [6.07, 6.45) is 15.9. The van der Waals surface area contributed by atoms with E-state index in [9.17, 15) is 9.90 Å². The van der Waals surface area contributed by atoms with Gasteiger partial charge in [0.05, 0.1) is 26.1 Å². The average molecular weight is 725 g/mol. The first-order valence-corrected chi connectivity index (χ1v) is 19.4. The summed E-state index contributed by atoms with van der Waals surface area (Å²) in [6, 6.07) is 13.8. The SMILES string of the molecule is C[C@@H](COc1ccnc2c1[C@H](C)CCC2)C[C@H]1Cc2cc3c(cc2C12CCC(Nc1cccc(Cl)c1)(C(=O)O)CC2)O[C@@H](Cn1ccnc1)CCO3. The number of carboxylic acids is 1. The van der Waals surface area contributed by atoms with Crippen molar-refractivity contribution in [1.82, 2.24) is 14.5 Å². The maximum absolute atomic E-state index is 13.1. The van der Waals surface area contributed by atoms with Gasteiger partial charge in [-0.1, -0.05) is 31.5 Å². The van der Waals surface area contributed by atoms with Crippen LogP contribution in [0.1, 0.15) is 93.5 Å². The van der Waals surface area contributed by atoms with E-state index >= 15 is 0 Å². The Hall–Kier alpha value is -4.24. The molecule has 4 atom stereocenters. The lowest BCUT2D eigenvalue weighted by Crippen LogP contribution is -2.53. The number of rotatable bonds is 10. The Morgan fingerprint density at radius 3 is 2.79 bits per heavy atom. The highest BCUT2D eigenvalue weighted by Gasteiger charge is 2.54. The molecule has 0 unspecified atom stereocenters. The molecule has 0 bridgehead atoms. The minimum Gasteiger partial charge on any atom is -0.493 e. The molecule has 3 aliphatic carbocycles. The number of hydrogen-bond donors (Lipinski definition) is 2. The van der Waals surface area contributed by atoms with Gasteiger partial charge in [0, 0.05) is 47.0 Å². The molecule has 1 fully saturated rings. The second kappa shape index (κ2) is 14.3. The first-order chi connectivity index (χ1) is 25.2. The summed E-state index contributed by atoms with van der Waals surface area (Å²) in [5.41, 5.74) is 4.48. The van der Waals surface area contributed by atoms with Crippen molar-refractivity contribution in [2.24, 2.45) is 11.8 Å². The van der Waals surface area contributed by atoms with E-state index in [0.29, 0.717) is 55.4 Å². The minimum atomic E-state index is -1.09. The molecule has 10 heteroatoms. The summed E-state index contributed by atoms with van der Waals surface area (Å²) >= 11 is 6.31. The van der Waals surface area contributed by atoms with E-state index in [0.717, 1.165) is 61.5 Å². The Morgan fingerprint density at radius 2 is 2.00 bits per heavy atom. The van der Waals surface area contributed by atoms with Gasteiger partial charge in [0.1, 0.15) is 17.4 Å². The van der Waals surface area contributed by atoms with E-state index < -0.39 is 11.5 Å². The fourth-order valence-electron chi connectivity index (χ4n) is 9.62. The molecule has 0 amide bonds. The van der Waals surface area contributed by atoms with Crippen molar-refractivity contribution in [3.63, 3.8) is 0 Å². The zero-order chi connectivity index (χ0) is 35.9. The lowest BCUT2D eigenvalue weighted by Gasteiger charge is -2.47. The number of imidazole rings is 1. The fourth-order valence-corrected chi connectivity index (χ4v) is 9.81. The summed E-state index contributed by atoms with van der Waals surface area (Å²) < 4.78 is 21.7. The lowest BCUT2D eigenvalue weighted by atomic mass is 9.59.